The van der Waals surface area contributed by atoms with E-state index in [1.165, 1.54) is 6.08 Å². The van der Waals surface area contributed by atoms with Crippen molar-refractivity contribution >= 4 is 12.1 Å². The van der Waals surface area contributed by atoms with E-state index in [0.29, 0.717) is 0 Å². The second kappa shape index (κ2) is 9.73. The van der Waals surface area contributed by atoms with Crippen LogP contribution in [0.15, 0.2) is 43.0 Å². The first-order chi connectivity index (χ1) is 13.6. The summed E-state index contributed by atoms with van der Waals surface area (Å²) in [6.45, 7) is 5.65. The lowest BCUT2D eigenvalue weighted by Crippen LogP contribution is -2.87. The normalized spacial score (nSPS) is 24.0. The minimum Gasteiger partial charge on any atom is -0.453 e. The summed E-state index contributed by atoms with van der Waals surface area (Å²) in [6.07, 6.45) is 5.77. The molecule has 1 aromatic carbocycles. The van der Waals surface area contributed by atoms with E-state index in [2.05, 4.69) is 29.3 Å². The zero-order valence-corrected chi connectivity index (χ0v) is 16.4. The Hall–Kier alpha value is -2.34. The van der Waals surface area contributed by atoms with Crippen LogP contribution in [0.4, 0.5) is 4.79 Å². The van der Waals surface area contributed by atoms with Crippen LogP contribution in [0, 0.1) is 5.92 Å². The fourth-order valence-corrected chi connectivity index (χ4v) is 4.22. The van der Waals surface area contributed by atoms with E-state index in [1.807, 2.05) is 18.2 Å². The van der Waals surface area contributed by atoms with E-state index in [1.54, 1.807) is 0 Å². The number of amides is 1. The summed E-state index contributed by atoms with van der Waals surface area (Å²) >= 11 is 0. The van der Waals surface area contributed by atoms with Crippen molar-refractivity contribution in [3.8, 4) is 0 Å². The SMILES string of the molecule is C=CCOC(=O)NC1CCC(C(=O)OC2(c3ccccc3)CC[NH2+]CC2)CC1. The van der Waals surface area contributed by atoms with Crippen molar-refractivity contribution < 1.29 is 24.4 Å². The molecule has 2 fully saturated rings. The second-order valence-electron chi connectivity index (χ2n) is 7.73. The molecule has 1 heterocycles. The zero-order valence-electron chi connectivity index (χ0n) is 16.4. The molecule has 6 heteroatoms. The summed E-state index contributed by atoms with van der Waals surface area (Å²) in [6, 6.07) is 10.2. The van der Waals surface area contributed by atoms with E-state index in [0.717, 1.165) is 57.2 Å². The average molecular weight is 388 g/mol. The molecule has 3 rings (SSSR count). The molecule has 3 N–H and O–H groups in total. The first-order valence-electron chi connectivity index (χ1n) is 10.3. The van der Waals surface area contributed by atoms with Gasteiger partial charge in [-0.25, -0.2) is 4.79 Å². The fraction of sp³-hybridized carbons (Fsp3) is 0.545. The van der Waals surface area contributed by atoms with Crippen molar-refractivity contribution in [1.82, 2.24) is 5.32 Å². The van der Waals surface area contributed by atoms with Crippen LogP contribution in [-0.4, -0.2) is 37.8 Å². The molecule has 1 saturated carbocycles. The lowest BCUT2D eigenvalue weighted by atomic mass is 9.83. The van der Waals surface area contributed by atoms with Crippen molar-refractivity contribution in [2.45, 2.75) is 50.2 Å². The van der Waals surface area contributed by atoms with Crippen LogP contribution in [0.5, 0.6) is 0 Å². The van der Waals surface area contributed by atoms with Crippen LogP contribution >= 0.6 is 0 Å². The number of carbonyl (C=O) groups is 2. The van der Waals surface area contributed by atoms with Gasteiger partial charge < -0.3 is 20.1 Å². The van der Waals surface area contributed by atoms with E-state index >= 15 is 0 Å². The summed E-state index contributed by atoms with van der Waals surface area (Å²) in [7, 11) is 0. The van der Waals surface area contributed by atoms with Crippen molar-refractivity contribution in [3.63, 3.8) is 0 Å². The molecule has 152 valence electrons. The molecular weight excluding hydrogens is 356 g/mol. The highest BCUT2D eigenvalue weighted by molar-refractivity contribution is 5.73. The van der Waals surface area contributed by atoms with Crippen LogP contribution in [0.2, 0.25) is 0 Å². The van der Waals surface area contributed by atoms with Gasteiger partial charge in [0.2, 0.25) is 0 Å². The molecule has 0 unspecified atom stereocenters. The van der Waals surface area contributed by atoms with Gasteiger partial charge in [-0.2, -0.15) is 0 Å². The molecule has 1 aromatic rings. The number of nitrogens with two attached hydrogens (primary N) is 1. The summed E-state index contributed by atoms with van der Waals surface area (Å²) < 4.78 is 11.2. The first kappa shape index (κ1) is 20.4. The van der Waals surface area contributed by atoms with Gasteiger partial charge in [0.15, 0.2) is 0 Å². The molecule has 28 heavy (non-hydrogen) atoms. The molecule has 0 atom stereocenters. The van der Waals surface area contributed by atoms with Crippen molar-refractivity contribution in [2.75, 3.05) is 19.7 Å². The number of hydrogen-bond acceptors (Lipinski definition) is 4. The quantitative estimate of drug-likeness (QED) is 0.579. The monoisotopic (exact) mass is 387 g/mol. The number of carbonyl (C=O) groups excluding carboxylic acids is 2. The molecule has 1 saturated heterocycles. The zero-order chi connectivity index (χ0) is 19.8. The first-order valence-corrected chi connectivity index (χ1v) is 10.3. The van der Waals surface area contributed by atoms with Gasteiger partial charge in [0.25, 0.3) is 0 Å². The third kappa shape index (κ3) is 5.13. The Morgan fingerprint density at radius 3 is 2.46 bits per heavy atom. The van der Waals surface area contributed by atoms with Crippen molar-refractivity contribution in [2.24, 2.45) is 5.92 Å². The minimum atomic E-state index is -0.503. The molecule has 1 aliphatic heterocycles. The Kier molecular flexibility index (Phi) is 7.09. The Morgan fingerprint density at radius 2 is 1.82 bits per heavy atom. The van der Waals surface area contributed by atoms with Crippen LogP contribution in [0.3, 0.4) is 0 Å². The molecule has 2 aliphatic rings. The lowest BCUT2D eigenvalue weighted by molar-refractivity contribution is -0.668. The maximum absolute atomic E-state index is 13.0. The van der Waals surface area contributed by atoms with Crippen LogP contribution in [0.25, 0.3) is 0 Å². The van der Waals surface area contributed by atoms with E-state index in [-0.39, 0.29) is 24.5 Å². The molecular formula is C22H31N2O4+. The number of nitrogens with one attached hydrogen (secondary N) is 1. The van der Waals surface area contributed by atoms with Crippen molar-refractivity contribution in [1.29, 1.82) is 0 Å². The van der Waals surface area contributed by atoms with Gasteiger partial charge in [-0.15, -0.1) is 0 Å². The average Bonchev–Trinajstić information content (AvgIpc) is 2.74. The van der Waals surface area contributed by atoms with E-state index in [4.69, 9.17) is 9.47 Å². The highest BCUT2D eigenvalue weighted by Crippen LogP contribution is 2.36. The molecule has 0 aromatic heterocycles. The predicted octanol–water partition coefficient (Wildman–Crippen LogP) is 2.25. The van der Waals surface area contributed by atoms with Crippen LogP contribution in [-0.2, 0) is 19.9 Å². The Balaban J connectivity index is 1.55. The second-order valence-corrected chi connectivity index (χ2v) is 7.73. The Labute approximate surface area is 166 Å². The summed E-state index contributed by atoms with van der Waals surface area (Å²) in [5.41, 5.74) is 0.591. The summed E-state index contributed by atoms with van der Waals surface area (Å²) in [4.78, 5) is 24.6. The van der Waals surface area contributed by atoms with Gasteiger partial charge in [-0.05, 0) is 31.2 Å². The summed E-state index contributed by atoms with van der Waals surface area (Å²) in [5, 5.41) is 5.14. The number of ether oxygens (including phenoxy) is 2. The number of piperidine rings is 1. The lowest BCUT2D eigenvalue weighted by Gasteiger charge is -2.38. The van der Waals surface area contributed by atoms with Gasteiger partial charge in [0, 0.05) is 18.9 Å². The molecule has 1 aliphatic carbocycles. The van der Waals surface area contributed by atoms with Crippen LogP contribution in [0.1, 0.15) is 44.1 Å². The summed E-state index contributed by atoms with van der Waals surface area (Å²) in [5.74, 6) is -0.202. The third-order valence-electron chi connectivity index (χ3n) is 5.82. The highest BCUT2D eigenvalue weighted by Gasteiger charge is 2.41. The molecule has 0 spiro atoms. The Bertz CT molecular complexity index is 662. The van der Waals surface area contributed by atoms with Gasteiger partial charge in [0.05, 0.1) is 19.0 Å². The number of quaternary nitrogens is 1. The molecule has 6 nitrogen and oxygen atoms in total. The Morgan fingerprint density at radius 1 is 1.14 bits per heavy atom. The van der Waals surface area contributed by atoms with Gasteiger partial charge in [-0.3, -0.25) is 4.79 Å². The fourth-order valence-electron chi connectivity index (χ4n) is 4.22. The highest BCUT2D eigenvalue weighted by atomic mass is 16.6. The topological polar surface area (TPSA) is 81.2 Å². The van der Waals surface area contributed by atoms with Gasteiger partial charge in [-0.1, -0.05) is 43.0 Å². The largest absolute Gasteiger partial charge is 0.453 e. The number of esters is 1. The molecule has 1 amide bonds. The third-order valence-corrected chi connectivity index (χ3v) is 5.82. The number of benzene rings is 1. The van der Waals surface area contributed by atoms with Gasteiger partial charge >= 0.3 is 12.1 Å². The van der Waals surface area contributed by atoms with E-state index in [9.17, 15) is 9.59 Å². The predicted molar refractivity (Wildman–Crippen MR) is 106 cm³/mol. The van der Waals surface area contributed by atoms with Crippen molar-refractivity contribution in [3.05, 3.63) is 48.6 Å². The number of alkyl carbamates (subject to hydrolysis) is 1. The maximum atomic E-state index is 13.0. The van der Waals surface area contributed by atoms with Gasteiger partial charge in [0.1, 0.15) is 12.2 Å². The smallest absolute Gasteiger partial charge is 0.407 e. The number of hydrogen-bond donors (Lipinski definition) is 2. The standard InChI is InChI=1S/C22H30N2O4/c1-2-16-27-21(26)24-19-10-8-17(9-11-19)20(25)28-22(12-14-23-15-13-22)18-6-4-3-5-7-18/h2-7,17,19,23H,1,8-16H2,(H,24,26)/p+1. The maximum Gasteiger partial charge on any atom is 0.407 e. The van der Waals surface area contributed by atoms with E-state index < -0.39 is 11.7 Å². The molecule has 0 radical (unpaired) electrons. The number of rotatable bonds is 6. The van der Waals surface area contributed by atoms with Crippen LogP contribution < -0.4 is 10.6 Å². The minimum absolute atomic E-state index is 0.0497. The molecule has 0 bridgehead atoms.